The quantitative estimate of drug-likeness (QED) is 0.622. The molecule has 2 fully saturated rings. The van der Waals surface area contributed by atoms with Crippen molar-refractivity contribution < 1.29 is 0 Å². The molecule has 2 heteroatoms. The molecule has 2 saturated heterocycles. The minimum absolute atomic E-state index is 0.973. The molecule has 14 heavy (non-hydrogen) atoms. The van der Waals surface area contributed by atoms with E-state index in [0.717, 1.165) is 11.8 Å². The van der Waals surface area contributed by atoms with Crippen LogP contribution >= 0.6 is 0 Å². The standard InChI is InChI=1S/2C6H13N/c2*1-6-2-4-7-5-3-6/h2*6-7H,2-5H2,1H3. The summed E-state index contributed by atoms with van der Waals surface area (Å²) in [6.07, 6.45) is 5.50. The molecular weight excluding hydrogens is 172 g/mol. The van der Waals surface area contributed by atoms with E-state index < -0.39 is 0 Å². The second-order valence-corrected chi connectivity index (χ2v) is 4.87. The van der Waals surface area contributed by atoms with Crippen molar-refractivity contribution in [3.8, 4) is 0 Å². The third-order valence-corrected chi connectivity index (χ3v) is 3.26. The second-order valence-electron chi connectivity index (χ2n) is 4.87. The Morgan fingerprint density at radius 2 is 0.929 bits per heavy atom. The minimum Gasteiger partial charge on any atom is -0.317 e. The molecule has 2 nitrogen and oxygen atoms in total. The van der Waals surface area contributed by atoms with Crippen molar-refractivity contribution in [2.24, 2.45) is 11.8 Å². The Bertz CT molecular complexity index is 108. The molecule has 0 radical (unpaired) electrons. The smallest absolute Gasteiger partial charge is 0.00464 e. The van der Waals surface area contributed by atoms with E-state index >= 15 is 0 Å². The average molecular weight is 198 g/mol. The van der Waals surface area contributed by atoms with Gasteiger partial charge in [0.15, 0.2) is 0 Å². The van der Waals surface area contributed by atoms with Crippen LogP contribution in [0.4, 0.5) is 0 Å². The van der Waals surface area contributed by atoms with Crippen LogP contribution < -0.4 is 10.6 Å². The van der Waals surface area contributed by atoms with Gasteiger partial charge in [-0.15, -0.1) is 0 Å². The van der Waals surface area contributed by atoms with E-state index in [0.29, 0.717) is 0 Å². The van der Waals surface area contributed by atoms with Gasteiger partial charge in [-0.05, 0) is 63.7 Å². The van der Waals surface area contributed by atoms with Crippen molar-refractivity contribution in [1.82, 2.24) is 10.6 Å². The largest absolute Gasteiger partial charge is 0.317 e. The lowest BCUT2D eigenvalue weighted by molar-refractivity contribution is 0.402. The number of nitrogens with one attached hydrogen (secondary N) is 2. The molecule has 2 N–H and O–H groups in total. The van der Waals surface area contributed by atoms with Gasteiger partial charge in [0.05, 0.1) is 0 Å². The number of piperidine rings is 2. The van der Waals surface area contributed by atoms with Gasteiger partial charge in [-0.2, -0.15) is 0 Å². The van der Waals surface area contributed by atoms with Gasteiger partial charge in [-0.1, -0.05) is 13.8 Å². The first-order valence-electron chi connectivity index (χ1n) is 6.20. The van der Waals surface area contributed by atoms with E-state index in [-0.39, 0.29) is 0 Å². The lowest BCUT2D eigenvalue weighted by Gasteiger charge is -2.17. The van der Waals surface area contributed by atoms with E-state index in [1.807, 2.05) is 0 Å². The molecule has 2 heterocycles. The number of hydrogen-bond acceptors (Lipinski definition) is 2. The Labute approximate surface area is 88.8 Å². The molecule has 0 aromatic carbocycles. The molecule has 2 rings (SSSR count). The summed E-state index contributed by atoms with van der Waals surface area (Å²) < 4.78 is 0. The van der Waals surface area contributed by atoms with Crippen molar-refractivity contribution in [2.75, 3.05) is 26.2 Å². The van der Waals surface area contributed by atoms with Crippen molar-refractivity contribution in [3.63, 3.8) is 0 Å². The molecule has 0 bridgehead atoms. The van der Waals surface area contributed by atoms with Crippen LogP contribution in [0.15, 0.2) is 0 Å². The van der Waals surface area contributed by atoms with Gasteiger partial charge in [-0.3, -0.25) is 0 Å². The maximum absolute atomic E-state index is 3.32. The Morgan fingerprint density at radius 3 is 1.07 bits per heavy atom. The summed E-state index contributed by atoms with van der Waals surface area (Å²) in [7, 11) is 0. The molecule has 0 unspecified atom stereocenters. The lowest BCUT2D eigenvalue weighted by atomic mass is 10.0. The van der Waals surface area contributed by atoms with Crippen LogP contribution in [0.3, 0.4) is 0 Å². The van der Waals surface area contributed by atoms with Crippen LogP contribution in [0.1, 0.15) is 39.5 Å². The highest BCUT2D eigenvalue weighted by atomic mass is 14.9. The fourth-order valence-electron chi connectivity index (χ4n) is 1.93. The molecular formula is C12H26N2. The summed E-state index contributed by atoms with van der Waals surface area (Å²) in [4.78, 5) is 0. The highest BCUT2D eigenvalue weighted by molar-refractivity contribution is 4.63. The highest BCUT2D eigenvalue weighted by Crippen LogP contribution is 2.08. The predicted octanol–water partition coefficient (Wildman–Crippen LogP) is 2.01. The highest BCUT2D eigenvalue weighted by Gasteiger charge is 2.05. The molecule has 0 aromatic rings. The van der Waals surface area contributed by atoms with Gasteiger partial charge >= 0.3 is 0 Å². The van der Waals surface area contributed by atoms with Gasteiger partial charge in [-0.25, -0.2) is 0 Å². The van der Waals surface area contributed by atoms with Crippen molar-refractivity contribution in [1.29, 1.82) is 0 Å². The van der Waals surface area contributed by atoms with E-state index in [2.05, 4.69) is 24.5 Å². The van der Waals surface area contributed by atoms with E-state index in [1.165, 1.54) is 51.9 Å². The number of hydrogen-bond donors (Lipinski definition) is 2. The molecule has 2 aliphatic heterocycles. The maximum atomic E-state index is 3.32. The van der Waals surface area contributed by atoms with Crippen LogP contribution in [-0.2, 0) is 0 Å². The summed E-state index contributed by atoms with van der Waals surface area (Å²) in [5.41, 5.74) is 0. The Hall–Kier alpha value is -0.0800. The van der Waals surface area contributed by atoms with E-state index in [1.54, 1.807) is 0 Å². The molecule has 0 spiro atoms. The van der Waals surface area contributed by atoms with Crippen LogP contribution in [0.5, 0.6) is 0 Å². The second kappa shape index (κ2) is 7.24. The van der Waals surface area contributed by atoms with Gasteiger partial charge in [0, 0.05) is 0 Å². The molecule has 84 valence electrons. The van der Waals surface area contributed by atoms with Crippen molar-refractivity contribution >= 4 is 0 Å². The Balaban J connectivity index is 0.000000140. The molecule has 0 atom stereocenters. The third kappa shape index (κ3) is 5.61. The Kier molecular flexibility index (Phi) is 6.20. The topological polar surface area (TPSA) is 24.1 Å². The van der Waals surface area contributed by atoms with Gasteiger partial charge in [0.2, 0.25) is 0 Å². The first kappa shape index (κ1) is 12.0. The van der Waals surface area contributed by atoms with Crippen LogP contribution in [0.25, 0.3) is 0 Å². The molecule has 0 saturated carbocycles. The monoisotopic (exact) mass is 198 g/mol. The summed E-state index contributed by atoms with van der Waals surface area (Å²) in [6, 6.07) is 0. The Morgan fingerprint density at radius 1 is 0.643 bits per heavy atom. The van der Waals surface area contributed by atoms with Crippen LogP contribution in [-0.4, -0.2) is 26.2 Å². The minimum atomic E-state index is 0.973. The predicted molar refractivity (Wildman–Crippen MR) is 62.5 cm³/mol. The van der Waals surface area contributed by atoms with Gasteiger partial charge in [0.1, 0.15) is 0 Å². The van der Waals surface area contributed by atoms with E-state index in [4.69, 9.17) is 0 Å². The normalized spacial score (nSPS) is 25.3. The summed E-state index contributed by atoms with van der Waals surface area (Å²) in [5.74, 6) is 1.95. The zero-order chi connectivity index (χ0) is 10.2. The molecule has 0 aliphatic carbocycles. The van der Waals surface area contributed by atoms with Crippen molar-refractivity contribution in [3.05, 3.63) is 0 Å². The SMILES string of the molecule is CC1CCNCC1.CC1CCNCC1. The zero-order valence-electron chi connectivity index (χ0n) is 9.81. The summed E-state index contributed by atoms with van der Waals surface area (Å²) in [5, 5.41) is 6.63. The van der Waals surface area contributed by atoms with Crippen LogP contribution in [0, 0.1) is 11.8 Å². The third-order valence-electron chi connectivity index (χ3n) is 3.26. The zero-order valence-corrected chi connectivity index (χ0v) is 9.81. The van der Waals surface area contributed by atoms with Gasteiger partial charge < -0.3 is 10.6 Å². The van der Waals surface area contributed by atoms with Crippen molar-refractivity contribution in [2.45, 2.75) is 39.5 Å². The van der Waals surface area contributed by atoms with E-state index in [9.17, 15) is 0 Å². The molecule has 0 amide bonds. The molecule has 0 aromatic heterocycles. The fourth-order valence-corrected chi connectivity index (χ4v) is 1.93. The first-order valence-corrected chi connectivity index (χ1v) is 6.20. The van der Waals surface area contributed by atoms with Gasteiger partial charge in [0.25, 0.3) is 0 Å². The fraction of sp³-hybridized carbons (Fsp3) is 1.00. The summed E-state index contributed by atoms with van der Waals surface area (Å²) in [6.45, 7) is 9.59. The number of rotatable bonds is 0. The maximum Gasteiger partial charge on any atom is -0.00464 e. The first-order chi connectivity index (χ1) is 6.79. The molecule has 2 aliphatic rings. The van der Waals surface area contributed by atoms with Crippen LogP contribution in [0.2, 0.25) is 0 Å². The average Bonchev–Trinajstić information content (AvgIpc) is 2.21. The summed E-state index contributed by atoms with van der Waals surface area (Å²) >= 11 is 0. The lowest BCUT2D eigenvalue weighted by Crippen LogP contribution is -2.26.